The minimum Gasteiger partial charge on any atom is -0.399 e. The van der Waals surface area contributed by atoms with Gasteiger partial charge in [-0.1, -0.05) is 12.1 Å². The fourth-order valence-corrected chi connectivity index (χ4v) is 1.76. The van der Waals surface area contributed by atoms with Crippen LogP contribution in [-0.2, 0) is 0 Å². The van der Waals surface area contributed by atoms with Crippen molar-refractivity contribution < 1.29 is 0 Å². The van der Waals surface area contributed by atoms with Crippen LogP contribution in [0.1, 0.15) is 0 Å². The summed E-state index contributed by atoms with van der Waals surface area (Å²) in [5.74, 6) is 0. The average Bonchev–Trinajstić information content (AvgIpc) is 2.28. The Morgan fingerprint density at radius 3 is 1.67 bits per heavy atom. The monoisotopic (exact) mass is 258 g/mol. The van der Waals surface area contributed by atoms with Crippen LogP contribution < -0.4 is 22.1 Å². The lowest BCUT2D eigenvalue weighted by molar-refractivity contribution is 1.59. The Kier molecular flexibility index (Phi) is 3.64. The minimum atomic E-state index is 0.492. The molecule has 5 heteroatoms. The quantitative estimate of drug-likeness (QED) is 0.492. The molecule has 0 amide bonds. The van der Waals surface area contributed by atoms with Crippen LogP contribution in [-0.4, -0.2) is 5.11 Å². The van der Waals surface area contributed by atoms with Gasteiger partial charge < -0.3 is 22.1 Å². The van der Waals surface area contributed by atoms with Crippen LogP contribution in [0.2, 0.25) is 0 Å². The van der Waals surface area contributed by atoms with E-state index in [9.17, 15) is 0 Å². The molecule has 18 heavy (non-hydrogen) atoms. The number of nitrogens with two attached hydrogens (primary N) is 2. The van der Waals surface area contributed by atoms with Gasteiger partial charge in [0.25, 0.3) is 0 Å². The molecule has 6 N–H and O–H groups in total. The summed E-state index contributed by atoms with van der Waals surface area (Å²) in [5, 5.41) is 6.59. The van der Waals surface area contributed by atoms with Crippen LogP contribution >= 0.6 is 12.2 Å². The third-order valence-corrected chi connectivity index (χ3v) is 2.49. The summed E-state index contributed by atoms with van der Waals surface area (Å²) in [6, 6.07) is 14.8. The number of hydrogen-bond donors (Lipinski definition) is 4. The summed E-state index contributed by atoms with van der Waals surface area (Å²) in [5.41, 5.74) is 14.4. The Bertz CT molecular complexity index is 519. The van der Waals surface area contributed by atoms with Gasteiger partial charge in [0.15, 0.2) is 5.11 Å². The molecule has 0 aliphatic rings. The molecule has 0 spiro atoms. The van der Waals surface area contributed by atoms with Crippen molar-refractivity contribution in [2.24, 2.45) is 0 Å². The van der Waals surface area contributed by atoms with E-state index in [-0.39, 0.29) is 0 Å². The Balaban J connectivity index is 2.01. The van der Waals surface area contributed by atoms with E-state index in [1.165, 1.54) is 0 Å². The van der Waals surface area contributed by atoms with Gasteiger partial charge in [-0.05, 0) is 48.6 Å². The van der Waals surface area contributed by atoms with E-state index in [1.54, 1.807) is 0 Å². The van der Waals surface area contributed by atoms with Gasteiger partial charge in [0, 0.05) is 22.7 Å². The zero-order valence-electron chi connectivity index (χ0n) is 9.68. The van der Waals surface area contributed by atoms with E-state index >= 15 is 0 Å². The fourth-order valence-electron chi connectivity index (χ4n) is 1.53. The van der Waals surface area contributed by atoms with Crippen molar-refractivity contribution in [3.05, 3.63) is 48.5 Å². The van der Waals surface area contributed by atoms with Crippen LogP contribution in [0.4, 0.5) is 22.7 Å². The number of hydrogen-bond acceptors (Lipinski definition) is 3. The number of rotatable bonds is 2. The Morgan fingerprint density at radius 1 is 0.833 bits per heavy atom. The molecule has 0 unspecified atom stereocenters. The molecule has 2 aromatic carbocycles. The lowest BCUT2D eigenvalue weighted by Gasteiger charge is -2.11. The fraction of sp³-hybridized carbons (Fsp3) is 0. The van der Waals surface area contributed by atoms with Gasteiger partial charge in [-0.2, -0.15) is 0 Å². The van der Waals surface area contributed by atoms with Crippen LogP contribution in [0.25, 0.3) is 0 Å². The summed E-state index contributed by atoms with van der Waals surface area (Å²) in [4.78, 5) is 0. The number of nitrogen functional groups attached to an aromatic ring is 2. The van der Waals surface area contributed by atoms with Crippen molar-refractivity contribution in [3.8, 4) is 0 Å². The second kappa shape index (κ2) is 5.37. The lowest BCUT2D eigenvalue weighted by Crippen LogP contribution is -2.19. The zero-order chi connectivity index (χ0) is 13.0. The van der Waals surface area contributed by atoms with Crippen molar-refractivity contribution in [2.75, 3.05) is 22.1 Å². The van der Waals surface area contributed by atoms with Gasteiger partial charge in [0.2, 0.25) is 0 Å². The molecule has 0 aliphatic heterocycles. The molecular weight excluding hydrogens is 244 g/mol. The number of benzene rings is 2. The Hall–Kier alpha value is -2.27. The van der Waals surface area contributed by atoms with Gasteiger partial charge >= 0.3 is 0 Å². The largest absolute Gasteiger partial charge is 0.399 e. The summed E-state index contributed by atoms with van der Waals surface area (Å²) < 4.78 is 0. The molecule has 0 bridgehead atoms. The Morgan fingerprint density at radius 2 is 1.28 bits per heavy atom. The van der Waals surface area contributed by atoms with Gasteiger partial charge in [0.1, 0.15) is 0 Å². The number of nitrogens with one attached hydrogen (secondary N) is 2. The highest BCUT2D eigenvalue weighted by atomic mass is 32.1. The smallest absolute Gasteiger partial charge is 0.175 e. The highest BCUT2D eigenvalue weighted by Gasteiger charge is 1.99. The van der Waals surface area contributed by atoms with E-state index in [1.807, 2.05) is 48.5 Å². The molecular formula is C13H14N4S. The number of thiocarbonyl (C=S) groups is 1. The van der Waals surface area contributed by atoms with Crippen molar-refractivity contribution in [2.45, 2.75) is 0 Å². The van der Waals surface area contributed by atoms with E-state index < -0.39 is 0 Å². The molecule has 2 rings (SSSR count). The highest BCUT2D eigenvalue weighted by molar-refractivity contribution is 7.80. The molecule has 2 aromatic rings. The van der Waals surface area contributed by atoms with E-state index in [2.05, 4.69) is 10.6 Å². The van der Waals surface area contributed by atoms with Crippen LogP contribution in [0.3, 0.4) is 0 Å². The number of anilines is 4. The third kappa shape index (κ3) is 3.36. The van der Waals surface area contributed by atoms with E-state index in [4.69, 9.17) is 23.7 Å². The average molecular weight is 258 g/mol. The van der Waals surface area contributed by atoms with Gasteiger partial charge in [0.05, 0.1) is 0 Å². The second-order valence-corrected chi connectivity index (χ2v) is 4.24. The van der Waals surface area contributed by atoms with Crippen LogP contribution in [0.15, 0.2) is 48.5 Å². The third-order valence-electron chi connectivity index (χ3n) is 2.29. The minimum absolute atomic E-state index is 0.492. The predicted molar refractivity (Wildman–Crippen MR) is 81.6 cm³/mol. The molecule has 0 aromatic heterocycles. The highest BCUT2D eigenvalue weighted by Crippen LogP contribution is 2.14. The first kappa shape index (κ1) is 12.2. The van der Waals surface area contributed by atoms with E-state index in [0.717, 1.165) is 11.4 Å². The van der Waals surface area contributed by atoms with Crippen LogP contribution in [0.5, 0.6) is 0 Å². The standard InChI is InChI=1S/C13H14N4S/c14-9-3-1-5-11(7-9)16-13(18)17-12-6-2-4-10(15)8-12/h1-8H,14-15H2,(H2,16,17,18). The maximum absolute atomic E-state index is 5.69. The zero-order valence-corrected chi connectivity index (χ0v) is 10.5. The van der Waals surface area contributed by atoms with Crippen molar-refractivity contribution >= 4 is 40.1 Å². The van der Waals surface area contributed by atoms with Gasteiger partial charge in [-0.15, -0.1) is 0 Å². The van der Waals surface area contributed by atoms with Gasteiger partial charge in [-0.25, -0.2) is 0 Å². The maximum Gasteiger partial charge on any atom is 0.175 e. The normalized spacial score (nSPS) is 9.78. The molecule has 4 nitrogen and oxygen atoms in total. The van der Waals surface area contributed by atoms with Crippen LogP contribution in [0, 0.1) is 0 Å². The predicted octanol–water partition coefficient (Wildman–Crippen LogP) is 2.66. The van der Waals surface area contributed by atoms with Crippen molar-refractivity contribution in [1.29, 1.82) is 0 Å². The molecule has 92 valence electrons. The molecule has 0 radical (unpaired) electrons. The summed E-state index contributed by atoms with van der Waals surface area (Å²) in [7, 11) is 0. The lowest BCUT2D eigenvalue weighted by atomic mass is 10.3. The van der Waals surface area contributed by atoms with Crippen molar-refractivity contribution in [3.63, 3.8) is 0 Å². The van der Waals surface area contributed by atoms with E-state index in [0.29, 0.717) is 16.5 Å². The summed E-state index contributed by atoms with van der Waals surface area (Å²) in [6.45, 7) is 0. The van der Waals surface area contributed by atoms with Gasteiger partial charge in [-0.3, -0.25) is 0 Å². The SMILES string of the molecule is Nc1cccc(NC(=S)Nc2cccc(N)c2)c1. The summed E-state index contributed by atoms with van der Waals surface area (Å²) in [6.07, 6.45) is 0. The first-order valence-corrected chi connectivity index (χ1v) is 5.83. The first-order valence-electron chi connectivity index (χ1n) is 5.42. The molecule has 0 fully saturated rings. The topological polar surface area (TPSA) is 76.1 Å². The second-order valence-electron chi connectivity index (χ2n) is 3.83. The maximum atomic E-state index is 5.69. The first-order chi connectivity index (χ1) is 8.63. The molecule has 0 saturated heterocycles. The molecule has 0 atom stereocenters. The molecule has 0 heterocycles. The van der Waals surface area contributed by atoms with Crippen molar-refractivity contribution in [1.82, 2.24) is 0 Å². The summed E-state index contributed by atoms with van der Waals surface area (Å²) >= 11 is 5.20. The Labute approximate surface area is 111 Å². The molecule has 0 aliphatic carbocycles. The molecule has 0 saturated carbocycles.